The Morgan fingerprint density at radius 2 is 1.71 bits per heavy atom. The van der Waals surface area contributed by atoms with Crippen LogP contribution in [0.1, 0.15) is 90.4 Å². The minimum atomic E-state index is -0.686. The maximum absolute atomic E-state index is 12.0. The molecule has 1 aliphatic rings. The molecule has 0 aromatic rings. The molecule has 122 valence electrons. The van der Waals surface area contributed by atoms with Crippen LogP contribution in [0.25, 0.3) is 0 Å². The van der Waals surface area contributed by atoms with Crippen LogP contribution < -0.4 is 0 Å². The molecule has 1 aliphatic carbocycles. The van der Waals surface area contributed by atoms with Crippen molar-refractivity contribution in [3.05, 3.63) is 0 Å². The first-order valence-electron chi connectivity index (χ1n) is 8.89. The molecule has 1 saturated carbocycles. The number of hydrogen-bond acceptors (Lipinski definition) is 2. The van der Waals surface area contributed by atoms with Crippen LogP contribution in [0.3, 0.4) is 0 Å². The number of ketones is 1. The van der Waals surface area contributed by atoms with Crippen LogP contribution in [-0.2, 0) is 9.59 Å². The maximum Gasteiger partial charge on any atom is 0.303 e. The Balaban J connectivity index is 2.09. The van der Waals surface area contributed by atoms with Crippen molar-refractivity contribution in [3.8, 4) is 0 Å². The number of rotatable bonds is 12. The van der Waals surface area contributed by atoms with E-state index in [9.17, 15) is 9.59 Å². The molecule has 1 N–H and O–H groups in total. The fourth-order valence-electron chi connectivity index (χ4n) is 3.55. The summed E-state index contributed by atoms with van der Waals surface area (Å²) in [5.74, 6) is 0.809. The van der Waals surface area contributed by atoms with Gasteiger partial charge in [0.2, 0.25) is 0 Å². The minimum Gasteiger partial charge on any atom is -0.481 e. The monoisotopic (exact) mass is 296 g/mol. The van der Waals surface area contributed by atoms with Gasteiger partial charge in [-0.15, -0.1) is 0 Å². The van der Waals surface area contributed by atoms with Gasteiger partial charge in [0, 0.05) is 18.8 Å². The lowest BCUT2D eigenvalue weighted by Crippen LogP contribution is -2.14. The number of carboxylic acids is 1. The number of carbonyl (C=O) groups is 2. The minimum absolute atomic E-state index is 0.302. The van der Waals surface area contributed by atoms with E-state index in [4.69, 9.17) is 5.11 Å². The van der Waals surface area contributed by atoms with Crippen molar-refractivity contribution >= 4 is 11.8 Å². The molecular weight excluding hydrogens is 264 g/mol. The van der Waals surface area contributed by atoms with Gasteiger partial charge in [0.25, 0.3) is 0 Å². The molecule has 0 aromatic heterocycles. The van der Waals surface area contributed by atoms with Crippen molar-refractivity contribution in [2.24, 2.45) is 11.8 Å². The van der Waals surface area contributed by atoms with E-state index in [0.29, 0.717) is 24.0 Å². The van der Waals surface area contributed by atoms with Crippen LogP contribution in [0.2, 0.25) is 0 Å². The highest BCUT2D eigenvalue weighted by molar-refractivity contribution is 5.83. The van der Waals surface area contributed by atoms with Crippen LogP contribution in [-0.4, -0.2) is 16.9 Å². The molecule has 3 nitrogen and oxygen atoms in total. The Kier molecular flexibility index (Phi) is 9.36. The van der Waals surface area contributed by atoms with Crippen LogP contribution in [0.4, 0.5) is 0 Å². The third-order valence-electron chi connectivity index (χ3n) is 4.83. The summed E-state index contributed by atoms with van der Waals surface area (Å²) in [5, 5.41) is 8.57. The molecule has 0 heterocycles. The summed E-state index contributed by atoms with van der Waals surface area (Å²) >= 11 is 0. The zero-order valence-electron chi connectivity index (χ0n) is 13.6. The van der Waals surface area contributed by atoms with E-state index in [1.54, 1.807) is 0 Å². The predicted octanol–water partition coefficient (Wildman–Crippen LogP) is 4.98. The number of unbranched alkanes of at least 4 members (excludes halogenated alkanes) is 6. The molecule has 21 heavy (non-hydrogen) atoms. The largest absolute Gasteiger partial charge is 0.481 e. The normalized spacial score (nSPS) is 21.9. The van der Waals surface area contributed by atoms with Crippen LogP contribution in [0.15, 0.2) is 0 Å². The van der Waals surface area contributed by atoms with E-state index >= 15 is 0 Å². The molecule has 0 amide bonds. The van der Waals surface area contributed by atoms with E-state index < -0.39 is 5.97 Å². The third-order valence-corrected chi connectivity index (χ3v) is 4.83. The van der Waals surface area contributed by atoms with Gasteiger partial charge in [-0.1, -0.05) is 51.9 Å². The fourth-order valence-corrected chi connectivity index (χ4v) is 3.55. The maximum atomic E-state index is 12.0. The summed E-state index contributed by atoms with van der Waals surface area (Å²) < 4.78 is 0. The highest BCUT2D eigenvalue weighted by atomic mass is 16.4. The molecule has 0 unspecified atom stereocenters. The summed E-state index contributed by atoms with van der Waals surface area (Å²) in [6.45, 7) is 2.21. The molecule has 1 fully saturated rings. The molecule has 0 radical (unpaired) electrons. The summed E-state index contributed by atoms with van der Waals surface area (Å²) in [6.07, 6.45) is 13.5. The Hall–Kier alpha value is -0.860. The quantitative estimate of drug-likeness (QED) is 0.517. The lowest BCUT2D eigenvalue weighted by atomic mass is 9.86. The van der Waals surface area contributed by atoms with Crippen molar-refractivity contribution in [1.82, 2.24) is 0 Å². The fraction of sp³-hybridized carbons (Fsp3) is 0.889. The number of aliphatic carboxylic acids is 1. The second kappa shape index (κ2) is 10.8. The second-order valence-electron chi connectivity index (χ2n) is 6.57. The first-order valence-corrected chi connectivity index (χ1v) is 8.89. The van der Waals surface area contributed by atoms with Gasteiger partial charge in [-0.3, -0.25) is 9.59 Å². The van der Waals surface area contributed by atoms with Crippen molar-refractivity contribution in [3.63, 3.8) is 0 Å². The van der Waals surface area contributed by atoms with Crippen molar-refractivity contribution in [2.45, 2.75) is 90.4 Å². The number of carbonyl (C=O) groups excluding carboxylic acids is 1. The topological polar surface area (TPSA) is 54.4 Å². The summed E-state index contributed by atoms with van der Waals surface area (Å²) in [4.78, 5) is 22.4. The van der Waals surface area contributed by atoms with Crippen LogP contribution in [0.5, 0.6) is 0 Å². The SMILES string of the molecule is CCCCC[C@@H]1C(=O)CC[C@@H]1CCCCCCCC(=O)O. The molecule has 0 saturated heterocycles. The predicted molar refractivity (Wildman–Crippen MR) is 85.3 cm³/mol. The number of carboxylic acid groups (broad SMARTS) is 1. The van der Waals surface area contributed by atoms with E-state index in [1.807, 2.05) is 0 Å². The summed E-state index contributed by atoms with van der Waals surface area (Å²) in [5.41, 5.74) is 0. The number of hydrogen-bond donors (Lipinski definition) is 1. The molecule has 2 atom stereocenters. The lowest BCUT2D eigenvalue weighted by molar-refractivity contribution is -0.137. The van der Waals surface area contributed by atoms with Crippen molar-refractivity contribution < 1.29 is 14.7 Å². The lowest BCUT2D eigenvalue weighted by Gasteiger charge is -2.18. The van der Waals surface area contributed by atoms with E-state index in [2.05, 4.69) is 6.92 Å². The average Bonchev–Trinajstić information content (AvgIpc) is 2.79. The van der Waals surface area contributed by atoms with Gasteiger partial charge in [-0.2, -0.15) is 0 Å². The third kappa shape index (κ3) is 7.63. The highest BCUT2D eigenvalue weighted by Gasteiger charge is 2.33. The summed E-state index contributed by atoms with van der Waals surface area (Å²) in [6, 6.07) is 0. The zero-order chi connectivity index (χ0) is 15.5. The summed E-state index contributed by atoms with van der Waals surface area (Å²) in [7, 11) is 0. The van der Waals surface area contributed by atoms with E-state index in [-0.39, 0.29) is 0 Å². The Morgan fingerprint density at radius 1 is 1.05 bits per heavy atom. The van der Waals surface area contributed by atoms with Crippen LogP contribution >= 0.6 is 0 Å². The molecule has 0 aromatic carbocycles. The molecular formula is C18H32O3. The second-order valence-corrected chi connectivity index (χ2v) is 6.57. The van der Waals surface area contributed by atoms with Crippen LogP contribution in [0, 0.1) is 11.8 Å². The first kappa shape index (κ1) is 18.2. The van der Waals surface area contributed by atoms with Gasteiger partial charge in [0.05, 0.1) is 0 Å². The molecule has 0 aliphatic heterocycles. The van der Waals surface area contributed by atoms with Gasteiger partial charge < -0.3 is 5.11 Å². The van der Waals surface area contributed by atoms with Gasteiger partial charge in [0.15, 0.2) is 0 Å². The van der Waals surface area contributed by atoms with Gasteiger partial charge in [0.1, 0.15) is 5.78 Å². The molecule has 3 heteroatoms. The first-order chi connectivity index (χ1) is 10.1. The average molecular weight is 296 g/mol. The van der Waals surface area contributed by atoms with E-state index in [0.717, 1.165) is 38.5 Å². The van der Waals surface area contributed by atoms with Gasteiger partial charge in [-0.05, 0) is 31.6 Å². The standard InChI is InChI=1S/C18H32O3/c1-2-3-7-11-16-15(13-14-17(16)19)10-8-5-4-6-9-12-18(20)21/h15-16H,2-14H2,1H3,(H,20,21)/t15-,16-/m0/s1. The Labute approximate surface area is 129 Å². The van der Waals surface area contributed by atoms with Crippen molar-refractivity contribution in [1.29, 1.82) is 0 Å². The number of Topliss-reactive ketones (excluding diaryl/α,β-unsaturated/α-hetero) is 1. The molecule has 0 bridgehead atoms. The Bertz CT molecular complexity index is 312. The van der Waals surface area contributed by atoms with E-state index in [1.165, 1.54) is 38.5 Å². The zero-order valence-corrected chi connectivity index (χ0v) is 13.6. The molecule has 0 spiro atoms. The molecule has 1 rings (SSSR count). The highest BCUT2D eigenvalue weighted by Crippen LogP contribution is 2.36. The van der Waals surface area contributed by atoms with Gasteiger partial charge in [-0.25, -0.2) is 0 Å². The smallest absolute Gasteiger partial charge is 0.303 e. The van der Waals surface area contributed by atoms with Crippen molar-refractivity contribution in [2.75, 3.05) is 0 Å². The Morgan fingerprint density at radius 3 is 2.43 bits per heavy atom. The van der Waals surface area contributed by atoms with Gasteiger partial charge >= 0.3 is 5.97 Å².